The van der Waals surface area contributed by atoms with E-state index >= 15 is 0 Å². The molecular formula is C17H20ClF2NO3. The number of hydrogen-bond donors (Lipinski definition) is 0. The number of anilines is 1. The monoisotopic (exact) mass is 359 g/mol. The minimum Gasteiger partial charge on any atom is -0.443 e. The Morgan fingerprint density at radius 2 is 2.00 bits per heavy atom. The highest BCUT2D eigenvalue weighted by Gasteiger charge is 2.62. The third kappa shape index (κ3) is 2.75. The number of carbonyl (C=O) groups is 1. The van der Waals surface area contributed by atoms with Gasteiger partial charge in [0.1, 0.15) is 5.60 Å². The molecule has 0 radical (unpaired) electrons. The second-order valence-electron chi connectivity index (χ2n) is 7.17. The van der Waals surface area contributed by atoms with Gasteiger partial charge in [0.25, 0.3) is 5.92 Å². The van der Waals surface area contributed by atoms with Crippen molar-refractivity contribution in [2.75, 3.05) is 18.1 Å². The van der Waals surface area contributed by atoms with Crippen molar-refractivity contribution in [2.24, 2.45) is 0 Å². The molecule has 1 amide bonds. The number of alkyl halides is 2. The van der Waals surface area contributed by atoms with E-state index in [9.17, 15) is 13.6 Å². The topological polar surface area (TPSA) is 38.8 Å². The van der Waals surface area contributed by atoms with E-state index in [1.54, 1.807) is 32.9 Å². The molecule has 0 aliphatic carbocycles. The number of ether oxygens (including phenoxy) is 2. The molecule has 1 fully saturated rings. The second-order valence-corrected chi connectivity index (χ2v) is 7.61. The summed E-state index contributed by atoms with van der Waals surface area (Å²) in [6.07, 6.45) is -0.966. The van der Waals surface area contributed by atoms with E-state index in [2.05, 4.69) is 0 Å². The van der Waals surface area contributed by atoms with Crippen LogP contribution in [0.15, 0.2) is 18.2 Å². The van der Waals surface area contributed by atoms with Gasteiger partial charge in [-0.2, -0.15) is 0 Å². The van der Waals surface area contributed by atoms with Crippen molar-refractivity contribution < 1.29 is 23.0 Å². The van der Waals surface area contributed by atoms with Gasteiger partial charge >= 0.3 is 6.09 Å². The SMILES string of the molecule is CC(C)(C)OC(=O)N1CCC(F)(F)C2(CCO2)c2cc(Cl)ccc21. The summed E-state index contributed by atoms with van der Waals surface area (Å²) in [5, 5.41) is 0.325. The van der Waals surface area contributed by atoms with Crippen LogP contribution in [-0.2, 0) is 15.1 Å². The number of nitrogens with zero attached hydrogens (tertiary/aromatic N) is 1. The van der Waals surface area contributed by atoms with Crippen LogP contribution in [0.2, 0.25) is 5.02 Å². The predicted octanol–water partition coefficient (Wildman–Crippen LogP) is 4.74. The van der Waals surface area contributed by atoms with Crippen molar-refractivity contribution in [1.82, 2.24) is 0 Å². The van der Waals surface area contributed by atoms with Gasteiger partial charge in [-0.05, 0) is 39.0 Å². The lowest BCUT2D eigenvalue weighted by Gasteiger charge is -2.46. The Balaban J connectivity index is 2.09. The Kier molecular flexibility index (Phi) is 4.04. The lowest BCUT2D eigenvalue weighted by atomic mass is 9.79. The van der Waals surface area contributed by atoms with Crippen LogP contribution in [-0.4, -0.2) is 30.8 Å². The van der Waals surface area contributed by atoms with E-state index in [-0.39, 0.29) is 25.1 Å². The quantitative estimate of drug-likeness (QED) is 0.671. The van der Waals surface area contributed by atoms with E-state index in [1.165, 1.54) is 11.0 Å². The Bertz CT molecular complexity index is 668. The molecule has 7 heteroatoms. The molecule has 0 aromatic heterocycles. The van der Waals surface area contributed by atoms with Crippen LogP contribution in [0.5, 0.6) is 0 Å². The van der Waals surface area contributed by atoms with Gasteiger partial charge in [-0.3, -0.25) is 4.90 Å². The summed E-state index contributed by atoms with van der Waals surface area (Å²) >= 11 is 6.03. The second kappa shape index (κ2) is 5.56. The van der Waals surface area contributed by atoms with Crippen LogP contribution in [0, 0.1) is 0 Å². The van der Waals surface area contributed by atoms with Gasteiger partial charge < -0.3 is 9.47 Å². The molecule has 2 aliphatic heterocycles. The average molecular weight is 360 g/mol. The van der Waals surface area contributed by atoms with E-state index in [0.717, 1.165) is 0 Å². The Labute approximate surface area is 144 Å². The first-order valence-electron chi connectivity index (χ1n) is 7.88. The number of fused-ring (bicyclic) bond motifs is 2. The smallest absolute Gasteiger partial charge is 0.414 e. The fourth-order valence-electron chi connectivity index (χ4n) is 3.15. The minimum absolute atomic E-state index is 0.151. The fourth-order valence-corrected chi connectivity index (χ4v) is 3.32. The van der Waals surface area contributed by atoms with Crippen molar-refractivity contribution in [3.63, 3.8) is 0 Å². The molecule has 0 N–H and O–H groups in total. The molecule has 1 saturated heterocycles. The Morgan fingerprint density at radius 3 is 2.54 bits per heavy atom. The first-order valence-corrected chi connectivity index (χ1v) is 8.26. The zero-order valence-electron chi connectivity index (χ0n) is 13.9. The third-order valence-corrected chi connectivity index (χ3v) is 4.58. The van der Waals surface area contributed by atoms with Gasteiger partial charge in [-0.15, -0.1) is 0 Å². The van der Waals surface area contributed by atoms with Crippen molar-refractivity contribution in [1.29, 1.82) is 0 Å². The van der Waals surface area contributed by atoms with Crippen molar-refractivity contribution in [3.05, 3.63) is 28.8 Å². The van der Waals surface area contributed by atoms with Gasteiger partial charge in [-0.25, -0.2) is 13.6 Å². The number of halogens is 3. The highest BCUT2D eigenvalue weighted by atomic mass is 35.5. The zero-order valence-corrected chi connectivity index (χ0v) is 14.6. The van der Waals surface area contributed by atoms with Crippen LogP contribution >= 0.6 is 11.6 Å². The molecule has 0 saturated carbocycles. The van der Waals surface area contributed by atoms with Crippen molar-refractivity contribution in [3.8, 4) is 0 Å². The molecule has 1 aromatic rings. The standard InChI is InChI=1S/C17H20ClF2NO3/c1-15(2,3)24-14(22)21-8-6-17(19,20)16(7-9-23-16)12-10-11(18)4-5-13(12)21/h4-5,10H,6-9H2,1-3H3. The first kappa shape index (κ1) is 17.4. The third-order valence-electron chi connectivity index (χ3n) is 4.34. The number of benzene rings is 1. The molecule has 132 valence electrons. The van der Waals surface area contributed by atoms with Crippen LogP contribution in [0.4, 0.5) is 19.3 Å². The van der Waals surface area contributed by atoms with Crippen molar-refractivity contribution >= 4 is 23.4 Å². The summed E-state index contributed by atoms with van der Waals surface area (Å²) in [6, 6.07) is 4.62. The molecule has 2 heterocycles. The zero-order chi connectivity index (χ0) is 17.8. The van der Waals surface area contributed by atoms with E-state index < -0.39 is 29.6 Å². The van der Waals surface area contributed by atoms with Crippen molar-refractivity contribution in [2.45, 2.75) is 50.7 Å². The summed E-state index contributed by atoms with van der Waals surface area (Å²) in [4.78, 5) is 13.8. The molecule has 3 rings (SSSR count). The highest BCUT2D eigenvalue weighted by Crippen LogP contribution is 2.55. The largest absolute Gasteiger partial charge is 0.443 e. The summed E-state index contributed by atoms with van der Waals surface area (Å²) in [5.41, 5.74) is -1.83. The molecule has 1 spiro atoms. The summed E-state index contributed by atoms with van der Waals surface area (Å²) in [5.74, 6) is -3.10. The van der Waals surface area contributed by atoms with Crippen LogP contribution < -0.4 is 4.90 Å². The van der Waals surface area contributed by atoms with Gasteiger partial charge in [-0.1, -0.05) is 11.6 Å². The van der Waals surface area contributed by atoms with Crippen LogP contribution in [0.1, 0.15) is 39.2 Å². The number of carbonyl (C=O) groups excluding carboxylic acids is 1. The summed E-state index contributed by atoms with van der Waals surface area (Å²) in [6.45, 7) is 5.31. The molecule has 4 nitrogen and oxygen atoms in total. The summed E-state index contributed by atoms with van der Waals surface area (Å²) < 4.78 is 40.4. The van der Waals surface area contributed by atoms with Gasteiger partial charge in [0.2, 0.25) is 0 Å². The number of hydrogen-bond acceptors (Lipinski definition) is 3. The molecular weight excluding hydrogens is 340 g/mol. The van der Waals surface area contributed by atoms with Crippen LogP contribution in [0.25, 0.3) is 0 Å². The number of amides is 1. The maximum atomic E-state index is 14.8. The lowest BCUT2D eigenvalue weighted by molar-refractivity contribution is -0.279. The van der Waals surface area contributed by atoms with Crippen LogP contribution in [0.3, 0.4) is 0 Å². The van der Waals surface area contributed by atoms with E-state index in [1.807, 2.05) is 0 Å². The maximum Gasteiger partial charge on any atom is 0.414 e. The number of rotatable bonds is 0. The maximum absolute atomic E-state index is 14.8. The molecule has 24 heavy (non-hydrogen) atoms. The molecule has 1 atom stereocenters. The predicted molar refractivity (Wildman–Crippen MR) is 86.8 cm³/mol. The highest BCUT2D eigenvalue weighted by molar-refractivity contribution is 6.30. The fraction of sp³-hybridized carbons (Fsp3) is 0.588. The molecule has 0 bridgehead atoms. The van der Waals surface area contributed by atoms with E-state index in [0.29, 0.717) is 10.7 Å². The lowest BCUT2D eigenvalue weighted by Crippen LogP contribution is -2.54. The van der Waals surface area contributed by atoms with Gasteiger partial charge in [0.15, 0.2) is 5.60 Å². The Hall–Kier alpha value is -1.40. The summed E-state index contributed by atoms with van der Waals surface area (Å²) in [7, 11) is 0. The minimum atomic E-state index is -3.10. The average Bonchev–Trinajstić information content (AvgIpc) is 2.46. The van der Waals surface area contributed by atoms with Gasteiger partial charge in [0.05, 0.1) is 12.3 Å². The molecule has 1 unspecified atom stereocenters. The molecule has 2 aliphatic rings. The molecule has 1 aromatic carbocycles. The Morgan fingerprint density at radius 1 is 1.33 bits per heavy atom. The first-order chi connectivity index (χ1) is 11.1. The van der Waals surface area contributed by atoms with Gasteiger partial charge in [0, 0.05) is 30.0 Å². The normalized spacial score (nSPS) is 25.7. The van der Waals surface area contributed by atoms with E-state index in [4.69, 9.17) is 21.1 Å².